The van der Waals surface area contributed by atoms with E-state index in [4.69, 9.17) is 23.7 Å². The third-order valence-corrected chi connectivity index (χ3v) is 5.10. The van der Waals surface area contributed by atoms with Crippen LogP contribution in [0.5, 0.6) is 0 Å². The molecule has 1 aromatic rings. The van der Waals surface area contributed by atoms with Gasteiger partial charge in [-0.3, -0.25) is 19.2 Å². The summed E-state index contributed by atoms with van der Waals surface area (Å²) >= 11 is 1.23. The molecule has 0 spiro atoms. The van der Waals surface area contributed by atoms with Crippen LogP contribution in [-0.4, -0.2) is 60.3 Å². The van der Waals surface area contributed by atoms with E-state index in [1.54, 1.807) is 0 Å². The largest absolute Gasteiger partial charge is 0.463 e. The Bertz CT molecular complexity index is 767. The molecule has 2 rings (SSSR count). The van der Waals surface area contributed by atoms with Crippen LogP contribution in [0.15, 0.2) is 35.2 Å². The molecule has 1 heterocycles. The lowest BCUT2D eigenvalue weighted by atomic mass is 9.99. The average molecular weight is 440 g/mol. The molecular weight excluding hydrogens is 416 g/mol. The third-order valence-electron chi connectivity index (χ3n) is 3.94. The Hall–Kier alpha value is -2.59. The average Bonchev–Trinajstić information content (AvgIpc) is 2.64. The summed E-state index contributed by atoms with van der Waals surface area (Å²) in [4.78, 5) is 47.3. The topological polar surface area (TPSA) is 114 Å². The fourth-order valence-electron chi connectivity index (χ4n) is 2.92. The van der Waals surface area contributed by atoms with Crippen LogP contribution in [0.25, 0.3) is 0 Å². The van der Waals surface area contributed by atoms with E-state index in [-0.39, 0.29) is 6.61 Å². The van der Waals surface area contributed by atoms with E-state index in [1.165, 1.54) is 39.5 Å². The van der Waals surface area contributed by atoms with E-state index in [1.807, 2.05) is 30.3 Å². The summed E-state index contributed by atoms with van der Waals surface area (Å²) in [6.45, 7) is 4.56. The monoisotopic (exact) mass is 440 g/mol. The number of carbonyl (C=O) groups excluding carboxylic acids is 4. The number of hydrogen-bond acceptors (Lipinski definition) is 10. The molecule has 0 aliphatic carbocycles. The zero-order valence-electron chi connectivity index (χ0n) is 17.1. The standard InChI is InChI=1S/C20H24O9S/c1-11(21)25-10-16-17(26-12(2)22)18(27-13(3)23)19(28-14(4)24)20(29-16)30-15-8-6-5-7-9-15/h5-9,16-20H,10H2,1-4H3/t16-,17-,18+,19-,20+/m1/s1. The highest BCUT2D eigenvalue weighted by Gasteiger charge is 2.52. The molecule has 1 aromatic carbocycles. The zero-order chi connectivity index (χ0) is 22.3. The third kappa shape index (κ3) is 7.03. The first-order valence-electron chi connectivity index (χ1n) is 9.19. The van der Waals surface area contributed by atoms with Gasteiger partial charge in [-0.15, -0.1) is 0 Å². The second kappa shape index (κ2) is 11.0. The number of carbonyl (C=O) groups is 4. The maximum atomic E-state index is 11.8. The summed E-state index contributed by atoms with van der Waals surface area (Å²) in [7, 11) is 0. The molecule has 0 aromatic heterocycles. The second-order valence-electron chi connectivity index (χ2n) is 6.50. The molecule has 1 aliphatic rings. The van der Waals surface area contributed by atoms with Crippen LogP contribution < -0.4 is 0 Å². The summed E-state index contributed by atoms with van der Waals surface area (Å²) < 4.78 is 27.2. The maximum Gasteiger partial charge on any atom is 0.303 e. The van der Waals surface area contributed by atoms with Gasteiger partial charge in [0.1, 0.15) is 18.1 Å². The fraction of sp³-hybridized carbons (Fsp3) is 0.500. The summed E-state index contributed by atoms with van der Waals surface area (Å²) in [5.41, 5.74) is -0.826. The minimum atomic E-state index is -1.16. The number of thioether (sulfide) groups is 1. The van der Waals surface area contributed by atoms with E-state index in [0.717, 1.165) is 4.90 Å². The highest BCUT2D eigenvalue weighted by atomic mass is 32.2. The molecule has 5 atom stereocenters. The molecule has 0 radical (unpaired) electrons. The number of benzene rings is 1. The Morgan fingerprint density at radius 1 is 0.800 bits per heavy atom. The Balaban J connectivity index is 2.42. The van der Waals surface area contributed by atoms with Crippen LogP contribution in [0.3, 0.4) is 0 Å². The molecule has 0 N–H and O–H groups in total. The first-order chi connectivity index (χ1) is 14.2. The Labute approximate surface area is 178 Å². The summed E-state index contributed by atoms with van der Waals surface area (Å²) in [6.07, 6.45) is -4.33. The zero-order valence-corrected chi connectivity index (χ0v) is 17.9. The van der Waals surface area contributed by atoms with E-state index in [2.05, 4.69) is 0 Å². The summed E-state index contributed by atoms with van der Waals surface area (Å²) in [5, 5.41) is 0. The van der Waals surface area contributed by atoms with Crippen molar-refractivity contribution in [3.63, 3.8) is 0 Å². The van der Waals surface area contributed by atoms with Gasteiger partial charge in [-0.1, -0.05) is 30.0 Å². The van der Waals surface area contributed by atoms with Gasteiger partial charge in [0.2, 0.25) is 0 Å². The van der Waals surface area contributed by atoms with Gasteiger partial charge < -0.3 is 23.7 Å². The van der Waals surface area contributed by atoms with Crippen molar-refractivity contribution in [1.29, 1.82) is 0 Å². The highest BCUT2D eigenvalue weighted by Crippen LogP contribution is 2.37. The van der Waals surface area contributed by atoms with Gasteiger partial charge >= 0.3 is 23.9 Å². The van der Waals surface area contributed by atoms with Crippen LogP contribution in [-0.2, 0) is 42.9 Å². The predicted octanol–water partition coefficient (Wildman–Crippen LogP) is 1.86. The van der Waals surface area contributed by atoms with Crippen molar-refractivity contribution in [2.75, 3.05) is 6.61 Å². The van der Waals surface area contributed by atoms with E-state index in [9.17, 15) is 19.2 Å². The van der Waals surface area contributed by atoms with Crippen LogP contribution in [0.1, 0.15) is 27.7 Å². The second-order valence-corrected chi connectivity index (χ2v) is 7.67. The lowest BCUT2D eigenvalue weighted by molar-refractivity contribution is -0.237. The predicted molar refractivity (Wildman–Crippen MR) is 104 cm³/mol. The lowest BCUT2D eigenvalue weighted by Crippen LogP contribution is -2.61. The van der Waals surface area contributed by atoms with Crippen molar-refractivity contribution >= 4 is 35.6 Å². The molecule has 1 aliphatic heterocycles. The summed E-state index contributed by atoms with van der Waals surface area (Å²) in [6, 6.07) is 9.16. The number of hydrogen-bond donors (Lipinski definition) is 0. The molecule has 1 saturated heterocycles. The fourth-order valence-corrected chi connectivity index (χ4v) is 4.04. The van der Waals surface area contributed by atoms with Crippen molar-refractivity contribution in [2.45, 2.75) is 62.4 Å². The van der Waals surface area contributed by atoms with Gasteiger partial charge in [0.05, 0.1) is 0 Å². The van der Waals surface area contributed by atoms with Crippen molar-refractivity contribution in [1.82, 2.24) is 0 Å². The van der Waals surface area contributed by atoms with Gasteiger partial charge in [0, 0.05) is 32.6 Å². The van der Waals surface area contributed by atoms with E-state index in [0.29, 0.717) is 0 Å². The quantitative estimate of drug-likeness (QED) is 0.460. The first kappa shape index (κ1) is 23.7. The van der Waals surface area contributed by atoms with Gasteiger partial charge in [0.25, 0.3) is 0 Å². The minimum absolute atomic E-state index is 0.246. The molecule has 0 bridgehead atoms. The smallest absolute Gasteiger partial charge is 0.303 e. The summed E-state index contributed by atoms with van der Waals surface area (Å²) in [5.74, 6) is -2.51. The maximum absolute atomic E-state index is 11.8. The van der Waals surface area contributed by atoms with Gasteiger partial charge in [-0.2, -0.15) is 0 Å². The van der Waals surface area contributed by atoms with Crippen molar-refractivity contribution in [2.24, 2.45) is 0 Å². The molecule has 10 heteroatoms. The molecule has 1 fully saturated rings. The number of ether oxygens (including phenoxy) is 5. The Kier molecular flexibility index (Phi) is 8.67. The SMILES string of the molecule is CC(=O)OC[C@H]1O[C@@H](Sc2ccccc2)[C@H](OC(C)=O)[C@@H](OC(C)=O)[C@@H]1OC(C)=O. The van der Waals surface area contributed by atoms with Crippen LogP contribution in [0.2, 0.25) is 0 Å². The lowest BCUT2D eigenvalue weighted by Gasteiger charge is -2.44. The van der Waals surface area contributed by atoms with Crippen LogP contribution in [0, 0.1) is 0 Å². The molecule has 164 valence electrons. The highest BCUT2D eigenvalue weighted by molar-refractivity contribution is 7.99. The molecule has 0 saturated carbocycles. The Morgan fingerprint density at radius 2 is 1.33 bits per heavy atom. The van der Waals surface area contributed by atoms with E-state index < -0.39 is 53.7 Å². The van der Waals surface area contributed by atoms with Gasteiger partial charge in [-0.05, 0) is 12.1 Å². The van der Waals surface area contributed by atoms with Crippen LogP contribution in [0.4, 0.5) is 0 Å². The van der Waals surface area contributed by atoms with Crippen molar-refractivity contribution in [3.8, 4) is 0 Å². The normalized spacial score (nSPS) is 25.7. The Morgan fingerprint density at radius 3 is 1.87 bits per heavy atom. The van der Waals surface area contributed by atoms with Crippen molar-refractivity contribution < 1.29 is 42.9 Å². The molecule has 30 heavy (non-hydrogen) atoms. The molecule has 0 amide bonds. The number of rotatable bonds is 7. The van der Waals surface area contributed by atoms with Crippen LogP contribution >= 0.6 is 11.8 Å². The van der Waals surface area contributed by atoms with E-state index >= 15 is 0 Å². The molecule has 0 unspecified atom stereocenters. The molecular formula is C20H24O9S. The van der Waals surface area contributed by atoms with Gasteiger partial charge in [-0.25, -0.2) is 0 Å². The molecule has 9 nitrogen and oxygen atoms in total. The minimum Gasteiger partial charge on any atom is -0.463 e. The first-order valence-corrected chi connectivity index (χ1v) is 10.1. The number of esters is 4. The van der Waals surface area contributed by atoms with Gasteiger partial charge in [0.15, 0.2) is 18.3 Å². The van der Waals surface area contributed by atoms with Crippen molar-refractivity contribution in [3.05, 3.63) is 30.3 Å².